The Morgan fingerprint density at radius 1 is 0.971 bits per heavy atom. The van der Waals surface area contributed by atoms with Crippen molar-refractivity contribution in [3.63, 3.8) is 0 Å². The van der Waals surface area contributed by atoms with Gasteiger partial charge in [-0.1, -0.05) is 17.7 Å². The van der Waals surface area contributed by atoms with Gasteiger partial charge in [-0.2, -0.15) is 21.6 Å². The van der Waals surface area contributed by atoms with E-state index in [1.54, 1.807) is 19.1 Å². The number of nitrogens with zero attached hydrogens (tertiary/aromatic N) is 1. The Morgan fingerprint density at radius 3 is 2.15 bits per heavy atom. The molecule has 0 spiro atoms. The Hall–Kier alpha value is -2.61. The quantitative estimate of drug-likeness (QED) is 0.403. The molecule has 34 heavy (non-hydrogen) atoms. The van der Waals surface area contributed by atoms with E-state index in [1.807, 2.05) is 0 Å². The molecule has 2 bridgehead atoms. The molecule has 5 rings (SSSR count). The number of aliphatic hydroxyl groups is 2. The van der Waals surface area contributed by atoms with Crippen molar-refractivity contribution in [3.8, 4) is 5.75 Å². The molecule has 0 saturated heterocycles. The first-order valence-corrected chi connectivity index (χ1v) is 13.0. The summed E-state index contributed by atoms with van der Waals surface area (Å²) in [5.74, 6) is -2.40. The summed E-state index contributed by atoms with van der Waals surface area (Å²) in [5.41, 5.74) is -4.67. The number of rotatable bonds is 4. The maximum atomic E-state index is 13.4. The predicted molar refractivity (Wildman–Crippen MR) is 113 cm³/mol. The molecule has 8 nitrogen and oxygen atoms in total. The number of alkyl halides is 3. The SMILES string of the molecule is Cc1ccc(S(=O)(=O)n2ccc3cc(OS(=O)(=O)C(F)(F)F)c4c(c32)[C@H]2C[C@@H]4C(O)C2O)cc1. The second-order valence-electron chi connectivity index (χ2n) is 8.48. The van der Waals surface area contributed by atoms with E-state index in [0.29, 0.717) is 0 Å². The summed E-state index contributed by atoms with van der Waals surface area (Å²) < 4.78 is 94.6. The first-order chi connectivity index (χ1) is 15.7. The summed E-state index contributed by atoms with van der Waals surface area (Å²) >= 11 is 0. The van der Waals surface area contributed by atoms with Crippen molar-refractivity contribution in [2.75, 3.05) is 0 Å². The molecule has 2 aliphatic carbocycles. The smallest absolute Gasteiger partial charge is 0.390 e. The lowest BCUT2D eigenvalue weighted by Crippen LogP contribution is -2.33. The van der Waals surface area contributed by atoms with Gasteiger partial charge in [-0.15, -0.1) is 0 Å². The molecule has 2 unspecified atom stereocenters. The van der Waals surface area contributed by atoms with Crippen molar-refractivity contribution in [1.82, 2.24) is 3.97 Å². The number of fused-ring (bicyclic) bond motifs is 7. The third-order valence-electron chi connectivity index (χ3n) is 6.47. The summed E-state index contributed by atoms with van der Waals surface area (Å²) in [4.78, 5) is -0.0342. The van der Waals surface area contributed by atoms with E-state index in [-0.39, 0.29) is 33.3 Å². The Bertz CT molecular complexity index is 1530. The second kappa shape index (κ2) is 7.20. The molecule has 0 radical (unpaired) electrons. The zero-order valence-electron chi connectivity index (χ0n) is 17.4. The second-order valence-corrected chi connectivity index (χ2v) is 11.8. The Morgan fingerprint density at radius 2 is 1.56 bits per heavy atom. The minimum Gasteiger partial charge on any atom is -0.390 e. The highest BCUT2D eigenvalue weighted by Gasteiger charge is 2.54. The maximum Gasteiger partial charge on any atom is 0.534 e. The highest BCUT2D eigenvalue weighted by atomic mass is 32.2. The van der Waals surface area contributed by atoms with Gasteiger partial charge in [0.15, 0.2) is 0 Å². The van der Waals surface area contributed by atoms with Crippen LogP contribution in [0.5, 0.6) is 5.75 Å². The third kappa shape index (κ3) is 3.17. The Labute approximate surface area is 192 Å². The molecule has 3 aromatic rings. The van der Waals surface area contributed by atoms with Crippen LogP contribution >= 0.6 is 0 Å². The lowest BCUT2D eigenvalue weighted by molar-refractivity contribution is -0.0500. The number of aryl methyl sites for hydroxylation is 1. The minimum absolute atomic E-state index is 0.0342. The number of hydrogen-bond acceptors (Lipinski definition) is 7. The van der Waals surface area contributed by atoms with E-state index in [1.165, 1.54) is 24.4 Å². The van der Waals surface area contributed by atoms with E-state index in [2.05, 4.69) is 4.18 Å². The number of aliphatic hydroxyl groups excluding tert-OH is 2. The largest absolute Gasteiger partial charge is 0.534 e. The number of halogens is 3. The van der Waals surface area contributed by atoms with Gasteiger partial charge in [-0.05, 0) is 43.2 Å². The fraction of sp³-hybridized carbons (Fsp3) is 0.333. The minimum atomic E-state index is -6.03. The van der Waals surface area contributed by atoms with E-state index in [0.717, 1.165) is 15.6 Å². The summed E-state index contributed by atoms with van der Waals surface area (Å²) in [7, 11) is -10.2. The van der Waals surface area contributed by atoms with Crippen LogP contribution < -0.4 is 4.18 Å². The monoisotopic (exact) mass is 517 g/mol. The van der Waals surface area contributed by atoms with Gasteiger partial charge in [0, 0.05) is 29.0 Å². The highest BCUT2D eigenvalue weighted by molar-refractivity contribution is 7.90. The average Bonchev–Trinajstić information content (AvgIpc) is 3.40. The molecule has 0 amide bonds. The number of aromatic nitrogens is 1. The van der Waals surface area contributed by atoms with Crippen LogP contribution in [0.25, 0.3) is 10.9 Å². The molecule has 1 saturated carbocycles. The van der Waals surface area contributed by atoms with Crippen LogP contribution in [-0.2, 0) is 20.1 Å². The predicted octanol–water partition coefficient (Wildman–Crippen LogP) is 2.72. The van der Waals surface area contributed by atoms with Crippen LogP contribution in [0, 0.1) is 6.92 Å². The summed E-state index contributed by atoms with van der Waals surface area (Å²) in [5, 5.41) is 21.0. The zero-order valence-corrected chi connectivity index (χ0v) is 19.0. The van der Waals surface area contributed by atoms with Gasteiger partial charge in [0.25, 0.3) is 10.0 Å². The fourth-order valence-electron chi connectivity index (χ4n) is 4.92. The van der Waals surface area contributed by atoms with E-state index in [9.17, 15) is 40.2 Å². The molecular formula is C21H18F3NO7S2. The molecule has 13 heteroatoms. The molecule has 0 aliphatic heterocycles. The van der Waals surface area contributed by atoms with Gasteiger partial charge in [0.05, 0.1) is 22.6 Å². The topological polar surface area (TPSA) is 123 Å². The lowest BCUT2D eigenvalue weighted by Gasteiger charge is -2.28. The lowest BCUT2D eigenvalue weighted by atomic mass is 9.86. The highest BCUT2D eigenvalue weighted by Crippen LogP contribution is 2.58. The first kappa shape index (κ1) is 23.1. The van der Waals surface area contributed by atoms with Crippen molar-refractivity contribution < 1.29 is 44.4 Å². The molecule has 1 heterocycles. The van der Waals surface area contributed by atoms with E-state index in [4.69, 9.17) is 0 Å². The van der Waals surface area contributed by atoms with Gasteiger partial charge in [-0.3, -0.25) is 0 Å². The van der Waals surface area contributed by atoms with Crippen LogP contribution in [0.3, 0.4) is 0 Å². The van der Waals surface area contributed by atoms with Gasteiger partial charge in [0.2, 0.25) is 0 Å². The summed E-state index contributed by atoms with van der Waals surface area (Å²) in [6.45, 7) is 1.79. The molecular weight excluding hydrogens is 499 g/mol. The van der Waals surface area contributed by atoms with Gasteiger partial charge in [0.1, 0.15) is 5.75 Å². The molecule has 1 fully saturated rings. The summed E-state index contributed by atoms with van der Waals surface area (Å²) in [6, 6.07) is 8.36. The van der Waals surface area contributed by atoms with Crippen LogP contribution in [-0.4, -0.2) is 48.7 Å². The molecule has 4 atom stereocenters. The Kier molecular flexibility index (Phi) is 4.90. The van der Waals surface area contributed by atoms with Crippen LogP contribution in [0.2, 0.25) is 0 Å². The maximum absolute atomic E-state index is 13.4. The average molecular weight is 518 g/mol. The first-order valence-electron chi connectivity index (χ1n) is 10.1. The normalized spacial score (nSPS) is 24.5. The molecule has 2 N–H and O–H groups in total. The summed E-state index contributed by atoms with van der Waals surface area (Å²) in [6.07, 6.45) is -1.38. The van der Waals surface area contributed by atoms with E-state index < -0.39 is 55.4 Å². The fourth-order valence-corrected chi connectivity index (χ4v) is 6.76. The number of benzene rings is 2. The van der Waals surface area contributed by atoms with Crippen LogP contribution in [0.15, 0.2) is 47.5 Å². The van der Waals surface area contributed by atoms with Crippen LogP contribution in [0.1, 0.15) is 34.9 Å². The van der Waals surface area contributed by atoms with Crippen molar-refractivity contribution in [2.24, 2.45) is 0 Å². The van der Waals surface area contributed by atoms with Gasteiger partial charge in [-0.25, -0.2) is 12.4 Å². The Balaban J connectivity index is 1.77. The molecule has 182 valence electrons. The third-order valence-corrected chi connectivity index (χ3v) is 9.12. The van der Waals surface area contributed by atoms with Crippen molar-refractivity contribution in [2.45, 2.75) is 47.8 Å². The van der Waals surface area contributed by atoms with Crippen molar-refractivity contribution >= 4 is 31.0 Å². The van der Waals surface area contributed by atoms with E-state index >= 15 is 0 Å². The van der Waals surface area contributed by atoms with Crippen LogP contribution in [0.4, 0.5) is 13.2 Å². The zero-order chi connectivity index (χ0) is 24.8. The van der Waals surface area contributed by atoms with Crippen molar-refractivity contribution in [3.05, 3.63) is 59.3 Å². The van der Waals surface area contributed by atoms with Gasteiger partial charge < -0.3 is 14.4 Å². The number of hydrogen-bond donors (Lipinski definition) is 2. The molecule has 2 aliphatic rings. The van der Waals surface area contributed by atoms with Gasteiger partial charge >= 0.3 is 15.6 Å². The van der Waals surface area contributed by atoms with Crippen molar-refractivity contribution in [1.29, 1.82) is 0 Å². The standard InChI is InChI=1S/C21H18F3NO7S2/c1-10-2-4-12(5-3-10)33(28,29)25-7-6-11-8-15(32-34(30,31)21(22,23)24)16-13-9-14(17(16)18(11)25)20(27)19(13)26/h2-8,13-14,19-20,26-27H,9H2,1H3/t13-,14+,19?,20?/m0/s1. The molecule has 1 aromatic heterocycles. The molecule has 2 aromatic carbocycles.